The molecular formula is C22H26Br2N4. The summed E-state index contributed by atoms with van der Waals surface area (Å²) in [4.78, 5) is 0. The maximum atomic E-state index is 2.16. The lowest BCUT2D eigenvalue weighted by Gasteiger charge is -1.95. The SMILES string of the molecule is C[n+]1ccn(Cc2ccccc2)c1.C[n+]1ccn(Cc2ccccc2)c1.[Br-].[Br-]. The predicted octanol–water partition coefficient (Wildman–Crippen LogP) is -3.27. The van der Waals surface area contributed by atoms with Crippen LogP contribution in [-0.4, -0.2) is 9.13 Å². The Bertz CT molecular complexity index is 840. The monoisotopic (exact) mass is 504 g/mol. The van der Waals surface area contributed by atoms with Gasteiger partial charge >= 0.3 is 0 Å². The first kappa shape index (κ1) is 23.9. The van der Waals surface area contributed by atoms with Crippen LogP contribution in [0.4, 0.5) is 0 Å². The van der Waals surface area contributed by atoms with Gasteiger partial charge in [0.1, 0.15) is 37.9 Å². The van der Waals surface area contributed by atoms with Crippen molar-refractivity contribution in [3.8, 4) is 0 Å². The fourth-order valence-corrected chi connectivity index (χ4v) is 2.78. The Kier molecular flexibility index (Phi) is 10.5. The maximum absolute atomic E-state index is 2.16. The molecule has 4 aromatic rings. The van der Waals surface area contributed by atoms with E-state index in [0.29, 0.717) is 0 Å². The average Bonchev–Trinajstić information content (AvgIpc) is 3.25. The van der Waals surface area contributed by atoms with Gasteiger partial charge in [-0.15, -0.1) is 0 Å². The summed E-state index contributed by atoms with van der Waals surface area (Å²) in [5.41, 5.74) is 2.66. The molecule has 6 heteroatoms. The zero-order valence-electron chi connectivity index (χ0n) is 16.2. The van der Waals surface area contributed by atoms with E-state index in [0.717, 1.165) is 13.1 Å². The van der Waals surface area contributed by atoms with E-state index in [4.69, 9.17) is 0 Å². The van der Waals surface area contributed by atoms with Crippen LogP contribution in [0.1, 0.15) is 11.1 Å². The summed E-state index contributed by atoms with van der Waals surface area (Å²) in [6.07, 6.45) is 12.4. The molecule has 28 heavy (non-hydrogen) atoms. The van der Waals surface area contributed by atoms with E-state index in [1.807, 2.05) is 47.8 Å². The molecule has 0 atom stereocenters. The van der Waals surface area contributed by atoms with Crippen molar-refractivity contribution in [1.29, 1.82) is 0 Å². The van der Waals surface area contributed by atoms with E-state index < -0.39 is 0 Å². The molecule has 0 aliphatic carbocycles. The van der Waals surface area contributed by atoms with Gasteiger partial charge in [0.15, 0.2) is 0 Å². The molecule has 148 valence electrons. The molecule has 0 radical (unpaired) electrons. The number of halogens is 2. The van der Waals surface area contributed by atoms with E-state index in [-0.39, 0.29) is 34.0 Å². The predicted molar refractivity (Wildman–Crippen MR) is 102 cm³/mol. The van der Waals surface area contributed by atoms with E-state index in [2.05, 4.69) is 82.7 Å². The molecule has 2 aromatic heterocycles. The Morgan fingerprint density at radius 2 is 0.964 bits per heavy atom. The normalized spacial score (nSPS) is 9.50. The molecule has 0 amide bonds. The van der Waals surface area contributed by atoms with Crippen LogP contribution in [0.2, 0.25) is 0 Å². The number of hydrogen-bond donors (Lipinski definition) is 0. The first-order chi connectivity index (χ1) is 12.7. The fourth-order valence-electron chi connectivity index (χ4n) is 2.78. The van der Waals surface area contributed by atoms with Gasteiger partial charge in [-0.2, -0.15) is 0 Å². The highest BCUT2D eigenvalue weighted by atomic mass is 79.9. The molecule has 4 nitrogen and oxygen atoms in total. The van der Waals surface area contributed by atoms with Crippen molar-refractivity contribution in [3.63, 3.8) is 0 Å². The number of hydrogen-bond acceptors (Lipinski definition) is 0. The molecule has 0 aliphatic rings. The summed E-state index contributed by atoms with van der Waals surface area (Å²) in [5.74, 6) is 0. The number of rotatable bonds is 4. The lowest BCUT2D eigenvalue weighted by Crippen LogP contribution is -3.00. The van der Waals surface area contributed by atoms with Crippen molar-refractivity contribution in [2.24, 2.45) is 14.1 Å². The Morgan fingerprint density at radius 3 is 1.25 bits per heavy atom. The van der Waals surface area contributed by atoms with Gasteiger partial charge in [-0.3, -0.25) is 0 Å². The third-order valence-corrected chi connectivity index (χ3v) is 4.06. The van der Waals surface area contributed by atoms with Gasteiger partial charge in [0, 0.05) is 0 Å². The molecule has 0 aliphatic heterocycles. The van der Waals surface area contributed by atoms with Crippen molar-refractivity contribution in [2.75, 3.05) is 0 Å². The highest BCUT2D eigenvalue weighted by Crippen LogP contribution is 2.01. The van der Waals surface area contributed by atoms with Crippen molar-refractivity contribution >= 4 is 0 Å². The van der Waals surface area contributed by atoms with E-state index in [1.54, 1.807) is 0 Å². The number of aryl methyl sites for hydroxylation is 2. The first-order valence-corrected chi connectivity index (χ1v) is 8.79. The lowest BCUT2D eigenvalue weighted by atomic mass is 10.2. The van der Waals surface area contributed by atoms with Gasteiger partial charge in [-0.1, -0.05) is 60.7 Å². The fraction of sp³-hybridized carbons (Fsp3) is 0.182. The zero-order valence-corrected chi connectivity index (χ0v) is 19.4. The molecule has 2 heterocycles. The van der Waals surface area contributed by atoms with Gasteiger partial charge in [-0.05, 0) is 11.1 Å². The van der Waals surface area contributed by atoms with Crippen LogP contribution in [0.25, 0.3) is 0 Å². The van der Waals surface area contributed by atoms with Gasteiger partial charge < -0.3 is 34.0 Å². The Morgan fingerprint density at radius 1 is 0.607 bits per heavy atom. The van der Waals surface area contributed by atoms with Crippen molar-refractivity contribution in [3.05, 3.63) is 109 Å². The second kappa shape index (κ2) is 12.3. The molecule has 0 spiro atoms. The minimum absolute atomic E-state index is 0. The third-order valence-electron chi connectivity index (χ3n) is 4.06. The maximum Gasteiger partial charge on any atom is 0.243 e. The second-order valence-electron chi connectivity index (χ2n) is 6.47. The number of nitrogens with zero attached hydrogens (tertiary/aromatic N) is 4. The summed E-state index contributed by atoms with van der Waals surface area (Å²) in [7, 11) is 4.06. The van der Waals surface area contributed by atoms with Gasteiger partial charge in [0.05, 0.1) is 14.1 Å². The van der Waals surface area contributed by atoms with Gasteiger partial charge in [0.2, 0.25) is 12.7 Å². The second-order valence-corrected chi connectivity index (χ2v) is 6.47. The van der Waals surface area contributed by atoms with E-state index >= 15 is 0 Å². The summed E-state index contributed by atoms with van der Waals surface area (Å²) in [6.45, 7) is 1.89. The lowest BCUT2D eigenvalue weighted by molar-refractivity contribution is -0.671. The van der Waals surface area contributed by atoms with E-state index in [9.17, 15) is 0 Å². The first-order valence-electron chi connectivity index (χ1n) is 8.79. The Balaban J connectivity index is 0.000000261. The molecule has 0 unspecified atom stereocenters. The molecule has 4 rings (SSSR count). The number of imidazole rings is 2. The summed E-state index contributed by atoms with van der Waals surface area (Å²) < 4.78 is 8.41. The quantitative estimate of drug-likeness (QED) is 0.259. The molecule has 2 aromatic carbocycles. The number of aromatic nitrogens is 4. The largest absolute Gasteiger partial charge is 1.00 e. The van der Waals surface area contributed by atoms with Crippen molar-refractivity contribution in [1.82, 2.24) is 9.13 Å². The van der Waals surface area contributed by atoms with Crippen LogP contribution in [-0.2, 0) is 27.2 Å². The van der Waals surface area contributed by atoms with Gasteiger partial charge in [-0.25, -0.2) is 18.3 Å². The highest BCUT2D eigenvalue weighted by molar-refractivity contribution is 5.15. The van der Waals surface area contributed by atoms with Gasteiger partial charge in [0.25, 0.3) is 0 Å². The summed E-state index contributed by atoms with van der Waals surface area (Å²) >= 11 is 0. The minimum Gasteiger partial charge on any atom is -1.00 e. The van der Waals surface area contributed by atoms with Crippen LogP contribution < -0.4 is 43.1 Å². The third kappa shape index (κ3) is 7.82. The van der Waals surface area contributed by atoms with E-state index in [1.165, 1.54) is 11.1 Å². The zero-order chi connectivity index (χ0) is 18.2. The average molecular weight is 506 g/mol. The van der Waals surface area contributed by atoms with Crippen LogP contribution in [0.3, 0.4) is 0 Å². The summed E-state index contributed by atoms with van der Waals surface area (Å²) in [6, 6.07) is 20.9. The highest BCUT2D eigenvalue weighted by Gasteiger charge is 2.00. The van der Waals surface area contributed by atoms with Crippen LogP contribution in [0, 0.1) is 0 Å². The molecular weight excluding hydrogens is 480 g/mol. The van der Waals surface area contributed by atoms with Crippen LogP contribution in [0.15, 0.2) is 98.1 Å². The standard InChI is InChI=1S/2C11H13N2.2BrH/c2*1-12-7-8-13(10-12)9-11-5-3-2-4-6-11;;/h2*2-8,10H,9H2,1H3;2*1H/q2*+1;;/p-2. The van der Waals surface area contributed by atoms with Crippen LogP contribution >= 0.6 is 0 Å². The van der Waals surface area contributed by atoms with Crippen molar-refractivity contribution < 1.29 is 43.1 Å². The molecule has 0 N–H and O–H groups in total. The minimum atomic E-state index is 0. The molecule has 0 saturated carbocycles. The number of benzene rings is 2. The smallest absolute Gasteiger partial charge is 0.243 e. The molecule has 0 fully saturated rings. The Labute approximate surface area is 188 Å². The van der Waals surface area contributed by atoms with Crippen LogP contribution in [0.5, 0.6) is 0 Å². The molecule has 0 saturated heterocycles. The summed E-state index contributed by atoms with van der Waals surface area (Å²) in [5, 5.41) is 0. The topological polar surface area (TPSA) is 17.6 Å². The Hall–Kier alpha value is -2.18. The molecule has 0 bridgehead atoms. The van der Waals surface area contributed by atoms with Crippen molar-refractivity contribution in [2.45, 2.75) is 13.1 Å².